The highest BCUT2D eigenvalue weighted by molar-refractivity contribution is 6.04. The lowest BCUT2D eigenvalue weighted by Crippen LogP contribution is -2.13. The van der Waals surface area contributed by atoms with Crippen LogP contribution < -0.4 is 11.1 Å². The Labute approximate surface area is 123 Å². The molecule has 2 rings (SSSR count). The van der Waals surface area contributed by atoms with E-state index in [-0.39, 0.29) is 17.2 Å². The van der Waals surface area contributed by atoms with Gasteiger partial charge >= 0.3 is 0 Å². The molecule has 4 nitrogen and oxygen atoms in total. The second-order valence-corrected chi connectivity index (χ2v) is 5.13. The van der Waals surface area contributed by atoms with Gasteiger partial charge in [0.1, 0.15) is 5.82 Å². The highest BCUT2D eigenvalue weighted by atomic mass is 19.1. The van der Waals surface area contributed by atoms with Gasteiger partial charge in [0.2, 0.25) is 0 Å². The molecule has 2 aromatic rings. The van der Waals surface area contributed by atoms with Crippen LogP contribution in [0.1, 0.15) is 15.9 Å². The van der Waals surface area contributed by atoms with Crippen molar-refractivity contribution in [1.29, 1.82) is 0 Å². The van der Waals surface area contributed by atoms with Crippen molar-refractivity contribution in [3.05, 3.63) is 59.4 Å². The highest BCUT2D eigenvalue weighted by Gasteiger charge is 2.09. The van der Waals surface area contributed by atoms with Crippen LogP contribution in [0.5, 0.6) is 0 Å². The summed E-state index contributed by atoms with van der Waals surface area (Å²) in [4.78, 5) is 14.1. The number of rotatable bonds is 4. The van der Waals surface area contributed by atoms with Crippen LogP contribution >= 0.6 is 0 Å². The summed E-state index contributed by atoms with van der Waals surface area (Å²) < 4.78 is 13.3. The van der Waals surface area contributed by atoms with Crippen molar-refractivity contribution in [3.63, 3.8) is 0 Å². The molecule has 0 aliphatic rings. The van der Waals surface area contributed by atoms with Crippen molar-refractivity contribution in [2.75, 3.05) is 25.1 Å². The van der Waals surface area contributed by atoms with Crippen LogP contribution in [0.2, 0.25) is 0 Å². The van der Waals surface area contributed by atoms with E-state index in [1.54, 1.807) is 0 Å². The Morgan fingerprint density at radius 1 is 1.19 bits per heavy atom. The zero-order valence-electron chi connectivity index (χ0n) is 12.1. The van der Waals surface area contributed by atoms with Crippen LogP contribution in [0, 0.1) is 5.82 Å². The Morgan fingerprint density at radius 2 is 1.86 bits per heavy atom. The SMILES string of the molecule is CN(C)Cc1ccc(NC(=O)c2ccc(N)c(F)c2)cc1. The Bertz CT molecular complexity index is 638. The molecular weight excluding hydrogens is 269 g/mol. The summed E-state index contributed by atoms with van der Waals surface area (Å²) in [6.07, 6.45) is 0. The molecule has 0 saturated heterocycles. The smallest absolute Gasteiger partial charge is 0.255 e. The quantitative estimate of drug-likeness (QED) is 0.850. The van der Waals surface area contributed by atoms with Gasteiger partial charge in [-0.05, 0) is 50.0 Å². The number of amides is 1. The molecular formula is C16H18FN3O. The van der Waals surface area contributed by atoms with Gasteiger partial charge in [-0.2, -0.15) is 0 Å². The minimum Gasteiger partial charge on any atom is -0.396 e. The molecule has 0 radical (unpaired) electrons. The van der Waals surface area contributed by atoms with Crippen LogP contribution in [0.15, 0.2) is 42.5 Å². The predicted molar refractivity (Wildman–Crippen MR) is 82.6 cm³/mol. The van der Waals surface area contributed by atoms with Crippen molar-refractivity contribution in [3.8, 4) is 0 Å². The highest BCUT2D eigenvalue weighted by Crippen LogP contribution is 2.15. The van der Waals surface area contributed by atoms with Gasteiger partial charge in [-0.25, -0.2) is 4.39 Å². The van der Waals surface area contributed by atoms with Crippen LogP contribution in [0.25, 0.3) is 0 Å². The lowest BCUT2D eigenvalue weighted by Gasteiger charge is -2.11. The van der Waals surface area contributed by atoms with Crippen LogP contribution in [0.4, 0.5) is 15.8 Å². The van der Waals surface area contributed by atoms with Crippen molar-refractivity contribution in [2.45, 2.75) is 6.54 Å². The molecule has 0 aromatic heterocycles. The maximum atomic E-state index is 13.3. The van der Waals surface area contributed by atoms with E-state index in [4.69, 9.17) is 5.73 Å². The van der Waals surface area contributed by atoms with E-state index in [0.29, 0.717) is 5.69 Å². The minimum atomic E-state index is -0.594. The monoisotopic (exact) mass is 287 g/mol. The van der Waals surface area contributed by atoms with Gasteiger partial charge in [-0.1, -0.05) is 12.1 Å². The number of halogens is 1. The first-order valence-electron chi connectivity index (χ1n) is 6.56. The molecule has 0 unspecified atom stereocenters. The number of benzene rings is 2. The van der Waals surface area contributed by atoms with Gasteiger partial charge in [0.15, 0.2) is 0 Å². The van der Waals surface area contributed by atoms with E-state index in [2.05, 4.69) is 10.2 Å². The van der Waals surface area contributed by atoms with E-state index in [0.717, 1.165) is 18.2 Å². The summed E-state index contributed by atoms with van der Waals surface area (Å²) in [7, 11) is 3.98. The molecule has 0 heterocycles. The second-order valence-electron chi connectivity index (χ2n) is 5.13. The Morgan fingerprint density at radius 3 is 2.43 bits per heavy atom. The zero-order valence-corrected chi connectivity index (χ0v) is 12.1. The third-order valence-corrected chi connectivity index (χ3v) is 2.97. The molecule has 0 saturated carbocycles. The van der Waals surface area contributed by atoms with Gasteiger partial charge in [0, 0.05) is 17.8 Å². The first kappa shape index (κ1) is 15.0. The Hall–Kier alpha value is -2.40. The maximum Gasteiger partial charge on any atom is 0.255 e. The number of carbonyl (C=O) groups is 1. The van der Waals surface area contributed by atoms with E-state index in [1.807, 2.05) is 38.4 Å². The van der Waals surface area contributed by atoms with Crippen molar-refractivity contribution in [1.82, 2.24) is 4.90 Å². The molecule has 3 N–H and O–H groups in total. The Kier molecular flexibility index (Phi) is 4.55. The fourth-order valence-corrected chi connectivity index (χ4v) is 1.93. The molecule has 0 aliphatic heterocycles. The van der Waals surface area contributed by atoms with Gasteiger partial charge in [0.05, 0.1) is 5.69 Å². The number of anilines is 2. The standard InChI is InChI=1S/C16H18FN3O/c1-20(2)10-11-3-6-13(7-4-11)19-16(21)12-5-8-15(18)14(17)9-12/h3-9H,10,18H2,1-2H3,(H,19,21). The molecule has 5 heteroatoms. The summed E-state index contributed by atoms with van der Waals surface area (Å²) in [5, 5.41) is 2.73. The van der Waals surface area contributed by atoms with Crippen molar-refractivity contribution < 1.29 is 9.18 Å². The Balaban J connectivity index is 2.06. The second kappa shape index (κ2) is 6.37. The molecule has 2 aromatic carbocycles. The first-order valence-corrected chi connectivity index (χ1v) is 6.56. The minimum absolute atomic E-state index is 0.0274. The molecule has 110 valence electrons. The van der Waals surface area contributed by atoms with Gasteiger partial charge in [-0.3, -0.25) is 4.79 Å². The fraction of sp³-hybridized carbons (Fsp3) is 0.188. The average Bonchev–Trinajstić information content (AvgIpc) is 2.43. The van der Waals surface area contributed by atoms with Gasteiger partial charge in [0.25, 0.3) is 5.91 Å². The van der Waals surface area contributed by atoms with Crippen LogP contribution in [-0.4, -0.2) is 24.9 Å². The third kappa shape index (κ3) is 4.03. The molecule has 0 spiro atoms. The lowest BCUT2D eigenvalue weighted by molar-refractivity contribution is 0.102. The summed E-state index contributed by atoms with van der Waals surface area (Å²) in [6.45, 7) is 0.831. The van der Waals surface area contributed by atoms with Gasteiger partial charge in [-0.15, -0.1) is 0 Å². The van der Waals surface area contributed by atoms with Crippen LogP contribution in [0.3, 0.4) is 0 Å². The number of hydrogen-bond donors (Lipinski definition) is 2. The van der Waals surface area contributed by atoms with Gasteiger partial charge < -0.3 is 16.0 Å². The first-order chi connectivity index (χ1) is 9.95. The normalized spacial score (nSPS) is 10.7. The zero-order chi connectivity index (χ0) is 15.4. The molecule has 0 fully saturated rings. The molecule has 21 heavy (non-hydrogen) atoms. The number of nitrogens with zero attached hydrogens (tertiary/aromatic N) is 1. The van der Waals surface area contributed by atoms with Crippen molar-refractivity contribution >= 4 is 17.3 Å². The van der Waals surface area contributed by atoms with E-state index >= 15 is 0 Å². The lowest BCUT2D eigenvalue weighted by atomic mass is 10.1. The third-order valence-electron chi connectivity index (χ3n) is 2.97. The summed E-state index contributed by atoms with van der Waals surface area (Å²) in [5.74, 6) is -0.960. The summed E-state index contributed by atoms with van der Waals surface area (Å²) in [6, 6.07) is 11.5. The van der Waals surface area contributed by atoms with E-state index in [9.17, 15) is 9.18 Å². The molecule has 0 aliphatic carbocycles. The van der Waals surface area contributed by atoms with E-state index < -0.39 is 5.82 Å². The molecule has 0 atom stereocenters. The number of nitrogen functional groups attached to an aromatic ring is 1. The van der Waals surface area contributed by atoms with Crippen LogP contribution in [-0.2, 0) is 6.54 Å². The molecule has 1 amide bonds. The fourth-order valence-electron chi connectivity index (χ4n) is 1.93. The number of nitrogens with two attached hydrogens (primary N) is 1. The maximum absolute atomic E-state index is 13.3. The summed E-state index contributed by atoms with van der Waals surface area (Å²) >= 11 is 0. The summed E-state index contributed by atoms with van der Waals surface area (Å²) in [5.41, 5.74) is 7.47. The largest absolute Gasteiger partial charge is 0.396 e. The molecule has 0 bridgehead atoms. The topological polar surface area (TPSA) is 58.4 Å². The predicted octanol–water partition coefficient (Wildman–Crippen LogP) is 2.72. The van der Waals surface area contributed by atoms with Crippen molar-refractivity contribution in [2.24, 2.45) is 0 Å². The number of hydrogen-bond acceptors (Lipinski definition) is 3. The number of nitrogens with one attached hydrogen (secondary N) is 1. The average molecular weight is 287 g/mol. The van der Waals surface area contributed by atoms with E-state index in [1.165, 1.54) is 12.1 Å². The number of carbonyl (C=O) groups excluding carboxylic acids is 1.